The molecule has 8 heteroatoms. The standard InChI is InChI=1S/C16H20BrN3O2S2/c1-19(12-13-5-7-15(17)23-13)16-8-6-14(11-18-16)24(21,22)20-9-3-2-4-10-20/h5-8,11H,2-4,9-10,12H2,1H3. The Balaban J connectivity index is 1.72. The van der Waals surface area contributed by atoms with Gasteiger partial charge in [0.2, 0.25) is 10.0 Å². The zero-order valence-corrected chi connectivity index (χ0v) is 16.7. The highest BCUT2D eigenvalue weighted by Crippen LogP contribution is 2.25. The van der Waals surface area contributed by atoms with E-state index in [-0.39, 0.29) is 4.90 Å². The lowest BCUT2D eigenvalue weighted by atomic mass is 10.2. The molecule has 0 amide bonds. The molecule has 0 saturated carbocycles. The van der Waals surface area contributed by atoms with Crippen LogP contribution >= 0.6 is 27.3 Å². The van der Waals surface area contributed by atoms with Gasteiger partial charge in [-0.1, -0.05) is 6.42 Å². The van der Waals surface area contributed by atoms with Crippen LogP contribution in [0.15, 0.2) is 39.1 Å². The Morgan fingerprint density at radius 3 is 2.54 bits per heavy atom. The molecule has 0 spiro atoms. The van der Waals surface area contributed by atoms with Gasteiger partial charge in [-0.2, -0.15) is 4.31 Å². The lowest BCUT2D eigenvalue weighted by Crippen LogP contribution is -2.35. The lowest BCUT2D eigenvalue weighted by Gasteiger charge is -2.26. The third-order valence-corrected chi connectivity index (χ3v) is 7.58. The van der Waals surface area contributed by atoms with E-state index in [1.165, 1.54) is 11.1 Å². The Bertz CT molecular complexity index is 784. The number of rotatable bonds is 5. The van der Waals surface area contributed by atoms with E-state index >= 15 is 0 Å². The van der Waals surface area contributed by atoms with Gasteiger partial charge >= 0.3 is 0 Å². The average molecular weight is 430 g/mol. The largest absolute Gasteiger partial charge is 0.355 e. The van der Waals surface area contributed by atoms with Crippen molar-refractivity contribution in [2.45, 2.75) is 30.7 Å². The minimum absolute atomic E-state index is 0.278. The average Bonchev–Trinajstić information content (AvgIpc) is 3.00. The molecule has 1 fully saturated rings. The highest BCUT2D eigenvalue weighted by molar-refractivity contribution is 9.11. The first kappa shape index (κ1) is 17.8. The predicted molar refractivity (Wildman–Crippen MR) is 101 cm³/mol. The molecular formula is C16H20BrN3O2S2. The molecule has 0 unspecified atom stereocenters. The van der Waals surface area contributed by atoms with Crippen molar-refractivity contribution >= 4 is 43.1 Å². The van der Waals surface area contributed by atoms with Gasteiger partial charge in [-0.05, 0) is 53.0 Å². The number of hydrogen-bond donors (Lipinski definition) is 0. The number of aromatic nitrogens is 1. The monoisotopic (exact) mass is 429 g/mol. The smallest absolute Gasteiger partial charge is 0.244 e. The summed E-state index contributed by atoms with van der Waals surface area (Å²) < 4.78 is 27.9. The van der Waals surface area contributed by atoms with Gasteiger partial charge in [0.15, 0.2) is 0 Å². The summed E-state index contributed by atoms with van der Waals surface area (Å²) in [6.45, 7) is 1.95. The summed E-state index contributed by atoms with van der Waals surface area (Å²) in [6.07, 6.45) is 4.45. The van der Waals surface area contributed by atoms with Crippen molar-refractivity contribution in [2.24, 2.45) is 0 Å². The molecule has 130 valence electrons. The fourth-order valence-electron chi connectivity index (χ4n) is 2.76. The van der Waals surface area contributed by atoms with Crippen molar-refractivity contribution in [2.75, 3.05) is 25.0 Å². The van der Waals surface area contributed by atoms with Gasteiger partial charge in [-0.3, -0.25) is 0 Å². The maximum atomic E-state index is 12.6. The molecule has 0 bridgehead atoms. The first-order valence-electron chi connectivity index (χ1n) is 7.88. The van der Waals surface area contributed by atoms with Crippen molar-refractivity contribution in [3.8, 4) is 0 Å². The predicted octanol–water partition coefficient (Wildman–Crippen LogP) is 3.72. The Morgan fingerprint density at radius 1 is 1.21 bits per heavy atom. The number of halogens is 1. The van der Waals surface area contributed by atoms with Crippen LogP contribution in [0.25, 0.3) is 0 Å². The van der Waals surface area contributed by atoms with E-state index in [4.69, 9.17) is 0 Å². The summed E-state index contributed by atoms with van der Waals surface area (Å²) in [5.41, 5.74) is 0. The van der Waals surface area contributed by atoms with Crippen molar-refractivity contribution in [3.63, 3.8) is 0 Å². The first-order chi connectivity index (χ1) is 11.5. The van der Waals surface area contributed by atoms with Gasteiger partial charge in [0.1, 0.15) is 10.7 Å². The molecule has 0 radical (unpaired) electrons. The van der Waals surface area contributed by atoms with Crippen molar-refractivity contribution in [1.29, 1.82) is 0 Å². The number of nitrogens with zero attached hydrogens (tertiary/aromatic N) is 3. The van der Waals surface area contributed by atoms with Crippen LogP contribution in [0.2, 0.25) is 0 Å². The molecule has 1 aliphatic rings. The summed E-state index contributed by atoms with van der Waals surface area (Å²) in [4.78, 5) is 7.86. The maximum Gasteiger partial charge on any atom is 0.244 e. The molecule has 2 aromatic heterocycles. The molecule has 1 aliphatic heterocycles. The Labute approximate surface area is 155 Å². The molecule has 0 aromatic carbocycles. The van der Waals surface area contributed by atoms with Crippen LogP contribution in [0, 0.1) is 0 Å². The summed E-state index contributed by atoms with van der Waals surface area (Å²) in [5.74, 6) is 0.761. The molecule has 3 rings (SSSR count). The molecule has 3 heterocycles. The van der Waals surface area contributed by atoms with E-state index in [0.29, 0.717) is 13.1 Å². The van der Waals surface area contributed by atoms with E-state index in [2.05, 4.69) is 27.0 Å². The van der Waals surface area contributed by atoms with Gasteiger partial charge in [-0.15, -0.1) is 11.3 Å². The molecule has 1 saturated heterocycles. The van der Waals surface area contributed by atoms with Gasteiger partial charge < -0.3 is 4.90 Å². The highest BCUT2D eigenvalue weighted by atomic mass is 79.9. The highest BCUT2D eigenvalue weighted by Gasteiger charge is 2.26. The molecule has 0 aliphatic carbocycles. The Kier molecular flexibility index (Phi) is 5.59. The Hall–Kier alpha value is -0.960. The molecular weight excluding hydrogens is 410 g/mol. The second kappa shape index (κ2) is 7.51. The van der Waals surface area contributed by atoms with Crippen LogP contribution in [0.3, 0.4) is 0 Å². The Morgan fingerprint density at radius 2 is 1.96 bits per heavy atom. The summed E-state index contributed by atoms with van der Waals surface area (Å²) in [5, 5.41) is 0. The summed E-state index contributed by atoms with van der Waals surface area (Å²) >= 11 is 5.14. The maximum absolute atomic E-state index is 12.6. The minimum atomic E-state index is -3.41. The van der Waals surface area contributed by atoms with Crippen LogP contribution in [0.1, 0.15) is 24.1 Å². The zero-order chi connectivity index (χ0) is 17.2. The fraction of sp³-hybridized carbons (Fsp3) is 0.438. The van der Waals surface area contributed by atoms with Gasteiger partial charge in [0.05, 0.1) is 10.3 Å². The summed E-state index contributed by atoms with van der Waals surface area (Å²) in [6, 6.07) is 7.53. The summed E-state index contributed by atoms with van der Waals surface area (Å²) in [7, 11) is -1.46. The first-order valence-corrected chi connectivity index (χ1v) is 10.9. The second-order valence-electron chi connectivity index (χ2n) is 5.88. The lowest BCUT2D eigenvalue weighted by molar-refractivity contribution is 0.346. The van der Waals surface area contributed by atoms with E-state index in [9.17, 15) is 8.42 Å². The van der Waals surface area contributed by atoms with Crippen LogP contribution in [-0.2, 0) is 16.6 Å². The number of thiophene rings is 1. The van der Waals surface area contributed by atoms with Gasteiger partial charge in [0.25, 0.3) is 0 Å². The van der Waals surface area contributed by atoms with Crippen molar-refractivity contribution in [3.05, 3.63) is 39.1 Å². The quantitative estimate of drug-likeness (QED) is 0.726. The molecule has 2 aromatic rings. The van der Waals surface area contributed by atoms with Crippen LogP contribution in [0.4, 0.5) is 5.82 Å². The number of pyridine rings is 1. The number of hydrogen-bond acceptors (Lipinski definition) is 5. The second-order valence-corrected chi connectivity index (χ2v) is 10.4. The number of sulfonamides is 1. The van der Waals surface area contributed by atoms with Crippen LogP contribution < -0.4 is 4.90 Å². The van der Waals surface area contributed by atoms with Crippen molar-refractivity contribution < 1.29 is 8.42 Å². The molecule has 0 N–H and O–H groups in total. The normalized spacial score (nSPS) is 16.2. The van der Waals surface area contributed by atoms with Crippen LogP contribution in [-0.4, -0.2) is 37.8 Å². The molecule has 5 nitrogen and oxygen atoms in total. The molecule has 24 heavy (non-hydrogen) atoms. The van der Waals surface area contributed by atoms with Gasteiger partial charge in [-0.25, -0.2) is 13.4 Å². The van der Waals surface area contributed by atoms with Gasteiger partial charge in [0, 0.05) is 31.2 Å². The van der Waals surface area contributed by atoms with Crippen molar-refractivity contribution in [1.82, 2.24) is 9.29 Å². The fourth-order valence-corrected chi connectivity index (χ4v) is 5.76. The van der Waals surface area contributed by atoms with E-state index in [1.807, 2.05) is 18.0 Å². The number of anilines is 1. The topological polar surface area (TPSA) is 53.5 Å². The number of piperidine rings is 1. The van der Waals surface area contributed by atoms with E-state index < -0.39 is 10.0 Å². The zero-order valence-electron chi connectivity index (χ0n) is 13.5. The SMILES string of the molecule is CN(Cc1ccc(Br)s1)c1ccc(S(=O)(=O)N2CCCCC2)cn1. The third-order valence-electron chi connectivity index (χ3n) is 4.09. The van der Waals surface area contributed by atoms with E-state index in [1.54, 1.807) is 27.8 Å². The van der Waals surface area contributed by atoms with Crippen LogP contribution in [0.5, 0.6) is 0 Å². The van der Waals surface area contributed by atoms with E-state index in [0.717, 1.165) is 35.4 Å². The molecule has 0 atom stereocenters. The minimum Gasteiger partial charge on any atom is -0.355 e. The third kappa shape index (κ3) is 3.99.